The summed E-state index contributed by atoms with van der Waals surface area (Å²) in [5.74, 6) is 0.814. The summed E-state index contributed by atoms with van der Waals surface area (Å²) in [6, 6.07) is 8.52. The van der Waals surface area contributed by atoms with E-state index in [4.69, 9.17) is 4.74 Å². The maximum atomic E-state index is 5.24. The Balaban J connectivity index is 2.39. The largest absolute Gasteiger partial charge is 0.380 e. The average molecular weight is 263 g/mol. The topological polar surface area (TPSA) is 21.3 Å². The van der Waals surface area contributed by atoms with Crippen LogP contribution in [0.1, 0.15) is 50.7 Å². The second-order valence-electron chi connectivity index (χ2n) is 5.25. The third-order valence-electron chi connectivity index (χ3n) is 3.71. The summed E-state index contributed by atoms with van der Waals surface area (Å²) in [4.78, 5) is 0. The normalized spacial score (nSPS) is 12.6. The van der Waals surface area contributed by atoms with E-state index in [1.165, 1.54) is 36.8 Å². The van der Waals surface area contributed by atoms with Gasteiger partial charge in [-0.3, -0.25) is 0 Å². The van der Waals surface area contributed by atoms with Crippen LogP contribution < -0.4 is 5.32 Å². The van der Waals surface area contributed by atoms with Gasteiger partial charge in [0.2, 0.25) is 0 Å². The first-order valence-electron chi connectivity index (χ1n) is 7.58. The second-order valence-corrected chi connectivity index (χ2v) is 5.25. The van der Waals surface area contributed by atoms with E-state index in [1.54, 1.807) is 7.11 Å². The standard InChI is InChI=1S/C17H29NO/c1-4-6-9-15(5-2)12-18-13-16-10-7-8-11-17(16)14-19-3/h7-8,10-11,15,18H,4-6,9,12-14H2,1-3H3. The number of nitrogens with one attached hydrogen (secondary N) is 1. The number of hydrogen-bond acceptors (Lipinski definition) is 2. The SMILES string of the molecule is CCCCC(CC)CNCc1ccccc1COC. The Labute approximate surface area is 118 Å². The van der Waals surface area contributed by atoms with Gasteiger partial charge in [-0.05, 0) is 30.0 Å². The molecule has 0 aliphatic heterocycles. The molecule has 1 aromatic rings. The molecule has 1 unspecified atom stereocenters. The molecule has 0 fully saturated rings. The molecular weight excluding hydrogens is 234 g/mol. The number of rotatable bonds is 10. The molecule has 0 aromatic heterocycles. The summed E-state index contributed by atoms with van der Waals surface area (Å²) < 4.78 is 5.24. The zero-order valence-corrected chi connectivity index (χ0v) is 12.7. The third-order valence-corrected chi connectivity index (χ3v) is 3.71. The zero-order valence-electron chi connectivity index (χ0n) is 12.7. The van der Waals surface area contributed by atoms with E-state index in [1.807, 2.05) is 0 Å². The minimum atomic E-state index is 0.699. The molecule has 0 amide bonds. The first kappa shape index (κ1) is 16.2. The molecule has 0 bridgehead atoms. The fourth-order valence-electron chi connectivity index (χ4n) is 2.38. The monoisotopic (exact) mass is 263 g/mol. The molecule has 0 aliphatic carbocycles. The lowest BCUT2D eigenvalue weighted by atomic mass is 9.99. The van der Waals surface area contributed by atoms with E-state index in [0.29, 0.717) is 6.61 Å². The maximum Gasteiger partial charge on any atom is 0.0716 e. The van der Waals surface area contributed by atoms with E-state index < -0.39 is 0 Å². The van der Waals surface area contributed by atoms with E-state index in [0.717, 1.165) is 19.0 Å². The molecule has 0 radical (unpaired) electrons. The van der Waals surface area contributed by atoms with Crippen molar-refractivity contribution in [3.8, 4) is 0 Å². The molecule has 0 spiro atoms. The molecule has 1 rings (SSSR count). The highest BCUT2D eigenvalue weighted by Gasteiger charge is 2.06. The Morgan fingerprint density at radius 3 is 2.53 bits per heavy atom. The molecule has 2 nitrogen and oxygen atoms in total. The third kappa shape index (κ3) is 6.22. The van der Waals surface area contributed by atoms with E-state index in [9.17, 15) is 0 Å². The van der Waals surface area contributed by atoms with Crippen molar-refractivity contribution in [2.75, 3.05) is 13.7 Å². The second kappa shape index (κ2) is 9.99. The summed E-state index contributed by atoms with van der Waals surface area (Å²) in [6.07, 6.45) is 5.26. The lowest BCUT2D eigenvalue weighted by molar-refractivity contribution is 0.184. The van der Waals surface area contributed by atoms with Gasteiger partial charge >= 0.3 is 0 Å². The van der Waals surface area contributed by atoms with E-state index in [2.05, 4.69) is 43.4 Å². The van der Waals surface area contributed by atoms with Crippen molar-refractivity contribution in [3.05, 3.63) is 35.4 Å². The Bertz CT molecular complexity index is 338. The van der Waals surface area contributed by atoms with Crippen LogP contribution in [0.3, 0.4) is 0 Å². The van der Waals surface area contributed by atoms with Crippen LogP contribution in [0.25, 0.3) is 0 Å². The number of hydrogen-bond donors (Lipinski definition) is 1. The molecule has 1 atom stereocenters. The minimum Gasteiger partial charge on any atom is -0.380 e. The highest BCUT2D eigenvalue weighted by atomic mass is 16.5. The van der Waals surface area contributed by atoms with Crippen LogP contribution in [0, 0.1) is 5.92 Å². The Kier molecular flexibility index (Phi) is 8.52. The maximum absolute atomic E-state index is 5.24. The molecule has 0 saturated heterocycles. The Morgan fingerprint density at radius 1 is 1.16 bits per heavy atom. The van der Waals surface area contributed by atoms with Crippen LogP contribution in [0.5, 0.6) is 0 Å². The fourth-order valence-corrected chi connectivity index (χ4v) is 2.38. The quantitative estimate of drug-likeness (QED) is 0.685. The molecule has 1 N–H and O–H groups in total. The van der Waals surface area contributed by atoms with Crippen LogP contribution in [-0.4, -0.2) is 13.7 Å². The molecule has 1 aromatic carbocycles. The van der Waals surface area contributed by atoms with E-state index >= 15 is 0 Å². The van der Waals surface area contributed by atoms with Crippen molar-refractivity contribution in [1.29, 1.82) is 0 Å². The van der Waals surface area contributed by atoms with Crippen LogP contribution in [0.2, 0.25) is 0 Å². The zero-order chi connectivity index (χ0) is 13.9. The van der Waals surface area contributed by atoms with Gasteiger partial charge in [0.05, 0.1) is 6.61 Å². The first-order valence-corrected chi connectivity index (χ1v) is 7.58. The summed E-state index contributed by atoms with van der Waals surface area (Å²) >= 11 is 0. The summed E-state index contributed by atoms with van der Waals surface area (Å²) in [6.45, 7) is 7.33. The number of ether oxygens (including phenoxy) is 1. The molecule has 0 heterocycles. The molecule has 0 saturated carbocycles. The van der Waals surface area contributed by atoms with Crippen LogP contribution >= 0.6 is 0 Å². The van der Waals surface area contributed by atoms with Crippen molar-refractivity contribution in [2.45, 2.75) is 52.7 Å². The number of unbranched alkanes of at least 4 members (excludes halogenated alkanes) is 1. The van der Waals surface area contributed by atoms with Gasteiger partial charge in [0.15, 0.2) is 0 Å². The van der Waals surface area contributed by atoms with Crippen LogP contribution in [0.4, 0.5) is 0 Å². The summed E-state index contributed by atoms with van der Waals surface area (Å²) in [5, 5.41) is 3.60. The van der Waals surface area contributed by atoms with Gasteiger partial charge in [0.1, 0.15) is 0 Å². The summed E-state index contributed by atoms with van der Waals surface area (Å²) in [7, 11) is 1.75. The van der Waals surface area contributed by atoms with Gasteiger partial charge in [-0.15, -0.1) is 0 Å². The van der Waals surface area contributed by atoms with Gasteiger partial charge in [0.25, 0.3) is 0 Å². The highest BCUT2D eigenvalue weighted by molar-refractivity contribution is 5.26. The molecule has 0 aliphatic rings. The summed E-state index contributed by atoms with van der Waals surface area (Å²) in [5.41, 5.74) is 2.65. The van der Waals surface area contributed by atoms with Crippen LogP contribution in [-0.2, 0) is 17.9 Å². The minimum absolute atomic E-state index is 0.699. The van der Waals surface area contributed by atoms with Crippen molar-refractivity contribution >= 4 is 0 Å². The van der Waals surface area contributed by atoms with Gasteiger partial charge in [-0.1, -0.05) is 57.4 Å². The molecule has 2 heteroatoms. The van der Waals surface area contributed by atoms with Crippen LogP contribution in [0.15, 0.2) is 24.3 Å². The molecule has 108 valence electrons. The fraction of sp³-hybridized carbons (Fsp3) is 0.647. The van der Waals surface area contributed by atoms with Gasteiger partial charge < -0.3 is 10.1 Å². The van der Waals surface area contributed by atoms with Gasteiger partial charge in [-0.2, -0.15) is 0 Å². The average Bonchev–Trinajstić information content (AvgIpc) is 2.44. The predicted molar refractivity (Wildman–Crippen MR) is 82.2 cm³/mol. The smallest absolute Gasteiger partial charge is 0.0716 e. The predicted octanol–water partition coefficient (Wildman–Crippen LogP) is 4.14. The van der Waals surface area contributed by atoms with Crippen molar-refractivity contribution in [3.63, 3.8) is 0 Å². The Morgan fingerprint density at radius 2 is 1.89 bits per heavy atom. The lowest BCUT2D eigenvalue weighted by Gasteiger charge is -2.16. The van der Waals surface area contributed by atoms with Crippen molar-refractivity contribution in [1.82, 2.24) is 5.32 Å². The van der Waals surface area contributed by atoms with Crippen molar-refractivity contribution in [2.24, 2.45) is 5.92 Å². The number of benzene rings is 1. The highest BCUT2D eigenvalue weighted by Crippen LogP contribution is 2.13. The van der Waals surface area contributed by atoms with Gasteiger partial charge in [0, 0.05) is 13.7 Å². The lowest BCUT2D eigenvalue weighted by Crippen LogP contribution is -2.22. The molecular formula is C17H29NO. The van der Waals surface area contributed by atoms with Crippen molar-refractivity contribution < 1.29 is 4.74 Å². The van der Waals surface area contributed by atoms with Gasteiger partial charge in [-0.25, -0.2) is 0 Å². The van der Waals surface area contributed by atoms with E-state index in [-0.39, 0.29) is 0 Å². The Hall–Kier alpha value is -0.860. The number of methoxy groups -OCH3 is 1. The first-order chi connectivity index (χ1) is 9.31. The molecule has 19 heavy (non-hydrogen) atoms.